The van der Waals surface area contributed by atoms with Crippen molar-refractivity contribution in [2.24, 2.45) is 4.99 Å². The number of carbonyl (C=O) groups is 1. The van der Waals surface area contributed by atoms with Gasteiger partial charge in [0, 0.05) is 13.1 Å². The second kappa shape index (κ2) is 5.19. The molecule has 0 bridgehead atoms. The Labute approximate surface area is 129 Å². The zero-order chi connectivity index (χ0) is 16.0. The van der Waals surface area contributed by atoms with Gasteiger partial charge in [0.1, 0.15) is 0 Å². The van der Waals surface area contributed by atoms with Crippen molar-refractivity contribution in [1.82, 2.24) is 10.2 Å². The van der Waals surface area contributed by atoms with E-state index in [0.717, 1.165) is 5.56 Å². The first kappa shape index (κ1) is 15.2. The van der Waals surface area contributed by atoms with Crippen LogP contribution in [0.5, 0.6) is 0 Å². The number of carbonyl (C=O) groups excluding carboxylic acids is 1. The molecule has 2 heterocycles. The quantitative estimate of drug-likeness (QED) is 0.860. The van der Waals surface area contributed by atoms with Crippen LogP contribution in [0.2, 0.25) is 0 Å². The molecular formula is C14H14F3N3OS. The molecule has 1 aromatic carbocycles. The van der Waals surface area contributed by atoms with Crippen LogP contribution in [-0.2, 0) is 4.87 Å². The molecule has 0 radical (unpaired) electrons. The van der Waals surface area contributed by atoms with E-state index in [1.54, 1.807) is 19.1 Å². The van der Waals surface area contributed by atoms with Gasteiger partial charge in [-0.05, 0) is 30.7 Å². The van der Waals surface area contributed by atoms with E-state index in [1.165, 1.54) is 17.0 Å². The molecule has 0 aliphatic carbocycles. The van der Waals surface area contributed by atoms with E-state index in [9.17, 15) is 18.0 Å². The lowest BCUT2D eigenvalue weighted by molar-refractivity contribution is -0.167. The maximum absolute atomic E-state index is 13.8. The summed E-state index contributed by atoms with van der Waals surface area (Å²) in [5, 5.41) is 2.28. The number of nitrogens with one attached hydrogen (secondary N) is 1. The molecule has 1 saturated heterocycles. The number of rotatable bonds is 1. The molecule has 22 heavy (non-hydrogen) atoms. The smallest absolute Gasteiger partial charge is 0.311 e. The highest BCUT2D eigenvalue weighted by atomic mass is 32.2. The molecule has 3 rings (SSSR count). The van der Waals surface area contributed by atoms with Crippen LogP contribution in [0.1, 0.15) is 17.5 Å². The summed E-state index contributed by atoms with van der Waals surface area (Å²) in [6.07, 6.45) is -3.99. The van der Waals surface area contributed by atoms with E-state index < -0.39 is 17.1 Å². The Morgan fingerprint density at radius 2 is 2.00 bits per heavy atom. The Bertz CT molecular complexity index is 629. The third kappa shape index (κ3) is 2.35. The van der Waals surface area contributed by atoms with Gasteiger partial charge in [-0.15, -0.1) is 0 Å². The van der Waals surface area contributed by atoms with Gasteiger partial charge in [0.25, 0.3) is 0 Å². The van der Waals surface area contributed by atoms with Crippen molar-refractivity contribution in [3.63, 3.8) is 0 Å². The van der Waals surface area contributed by atoms with Crippen LogP contribution in [0.4, 0.5) is 18.0 Å². The third-order valence-corrected chi connectivity index (χ3v) is 5.06. The summed E-state index contributed by atoms with van der Waals surface area (Å²) in [6, 6.07) is 5.24. The SMILES string of the molecule is Cc1ccc([C@@]2(C(F)(F)F)NC(=O)N3CCCN=C3S2)cc1. The van der Waals surface area contributed by atoms with Crippen molar-refractivity contribution < 1.29 is 18.0 Å². The number of thioether (sulfide) groups is 1. The van der Waals surface area contributed by atoms with Crippen LogP contribution in [0.25, 0.3) is 0 Å². The Morgan fingerprint density at radius 3 is 2.64 bits per heavy atom. The van der Waals surface area contributed by atoms with Crippen LogP contribution < -0.4 is 5.32 Å². The highest BCUT2D eigenvalue weighted by Gasteiger charge is 2.62. The van der Waals surface area contributed by atoms with E-state index >= 15 is 0 Å². The molecule has 2 aliphatic heterocycles. The van der Waals surface area contributed by atoms with Crippen LogP contribution in [0.3, 0.4) is 0 Å². The second-order valence-corrected chi connectivity index (χ2v) is 6.43. The van der Waals surface area contributed by atoms with Gasteiger partial charge in [0.2, 0.25) is 4.87 Å². The summed E-state index contributed by atoms with van der Waals surface area (Å²) >= 11 is 0.552. The molecule has 118 valence electrons. The molecule has 2 amide bonds. The second-order valence-electron chi connectivity index (χ2n) is 5.25. The summed E-state index contributed by atoms with van der Waals surface area (Å²) in [5.41, 5.74) is 0.849. The number of hydrogen-bond acceptors (Lipinski definition) is 3. The number of aliphatic imine (C=N–C) groups is 1. The molecule has 1 fully saturated rings. The number of urea groups is 1. The summed E-state index contributed by atoms with van der Waals surface area (Å²) in [7, 11) is 0. The Hall–Kier alpha value is -1.70. The minimum Gasteiger partial charge on any atom is -0.311 e. The lowest BCUT2D eigenvalue weighted by Gasteiger charge is -2.44. The number of halogens is 3. The number of amidine groups is 1. The fourth-order valence-electron chi connectivity index (χ4n) is 2.45. The van der Waals surface area contributed by atoms with Crippen molar-refractivity contribution in [1.29, 1.82) is 0 Å². The first-order valence-corrected chi connectivity index (χ1v) is 7.62. The van der Waals surface area contributed by atoms with E-state index in [4.69, 9.17) is 0 Å². The van der Waals surface area contributed by atoms with Crippen molar-refractivity contribution in [2.45, 2.75) is 24.4 Å². The number of fused-ring (bicyclic) bond motifs is 1. The lowest BCUT2D eigenvalue weighted by atomic mass is 10.0. The zero-order valence-corrected chi connectivity index (χ0v) is 12.6. The average molecular weight is 329 g/mol. The van der Waals surface area contributed by atoms with Crippen LogP contribution in [0, 0.1) is 6.92 Å². The van der Waals surface area contributed by atoms with Gasteiger partial charge in [-0.25, -0.2) is 4.79 Å². The van der Waals surface area contributed by atoms with E-state index in [0.29, 0.717) is 31.3 Å². The Morgan fingerprint density at radius 1 is 1.32 bits per heavy atom. The number of aryl methyl sites for hydroxylation is 1. The molecular weight excluding hydrogens is 315 g/mol. The molecule has 2 aliphatic rings. The van der Waals surface area contributed by atoms with E-state index in [-0.39, 0.29) is 10.7 Å². The molecule has 0 unspecified atom stereocenters. The van der Waals surface area contributed by atoms with Crippen LogP contribution in [-0.4, -0.2) is 35.4 Å². The highest BCUT2D eigenvalue weighted by molar-refractivity contribution is 8.14. The number of nitrogens with zero attached hydrogens (tertiary/aromatic N) is 2. The van der Waals surface area contributed by atoms with Gasteiger partial charge in [0.05, 0.1) is 0 Å². The number of amides is 2. The monoisotopic (exact) mass is 329 g/mol. The number of hydrogen-bond donors (Lipinski definition) is 1. The maximum Gasteiger partial charge on any atom is 0.425 e. The van der Waals surface area contributed by atoms with Crippen LogP contribution in [0.15, 0.2) is 29.3 Å². The third-order valence-electron chi connectivity index (χ3n) is 3.65. The first-order chi connectivity index (χ1) is 10.3. The van der Waals surface area contributed by atoms with Crippen molar-refractivity contribution >= 4 is 23.0 Å². The largest absolute Gasteiger partial charge is 0.425 e. The summed E-state index contributed by atoms with van der Waals surface area (Å²) < 4.78 is 41.4. The minimum atomic E-state index is -4.64. The van der Waals surface area contributed by atoms with Gasteiger partial charge in [0.15, 0.2) is 5.17 Å². The summed E-state index contributed by atoms with van der Waals surface area (Å²) in [6.45, 7) is 2.62. The molecule has 1 atom stereocenters. The molecule has 0 saturated carbocycles. The predicted molar refractivity (Wildman–Crippen MR) is 78.7 cm³/mol. The highest BCUT2D eigenvalue weighted by Crippen LogP contribution is 2.50. The number of benzene rings is 1. The van der Waals surface area contributed by atoms with E-state index in [2.05, 4.69) is 10.3 Å². The van der Waals surface area contributed by atoms with Gasteiger partial charge < -0.3 is 5.32 Å². The average Bonchev–Trinajstić information content (AvgIpc) is 2.46. The van der Waals surface area contributed by atoms with Crippen LogP contribution >= 0.6 is 11.8 Å². The Balaban J connectivity index is 2.10. The molecule has 0 spiro atoms. The van der Waals surface area contributed by atoms with Gasteiger partial charge in [-0.1, -0.05) is 29.8 Å². The zero-order valence-electron chi connectivity index (χ0n) is 11.8. The fraction of sp³-hybridized carbons (Fsp3) is 0.429. The predicted octanol–water partition coefficient (Wildman–Crippen LogP) is 3.23. The van der Waals surface area contributed by atoms with E-state index in [1.807, 2.05) is 0 Å². The molecule has 1 aromatic rings. The fourth-order valence-corrected chi connectivity index (χ4v) is 3.67. The van der Waals surface area contributed by atoms with Crippen molar-refractivity contribution in [3.8, 4) is 0 Å². The van der Waals surface area contributed by atoms with Crippen molar-refractivity contribution in [3.05, 3.63) is 35.4 Å². The molecule has 4 nitrogen and oxygen atoms in total. The van der Waals surface area contributed by atoms with Gasteiger partial charge in [-0.2, -0.15) is 13.2 Å². The summed E-state index contributed by atoms with van der Waals surface area (Å²) in [5.74, 6) is 0. The topological polar surface area (TPSA) is 44.7 Å². The molecule has 0 aromatic heterocycles. The maximum atomic E-state index is 13.8. The number of alkyl halides is 3. The molecule has 1 N–H and O–H groups in total. The normalized spacial score (nSPS) is 25.4. The lowest BCUT2D eigenvalue weighted by Crippen LogP contribution is -2.63. The Kier molecular flexibility index (Phi) is 3.58. The minimum absolute atomic E-state index is 0.00289. The van der Waals surface area contributed by atoms with Gasteiger partial charge >= 0.3 is 12.2 Å². The van der Waals surface area contributed by atoms with Crippen molar-refractivity contribution in [2.75, 3.05) is 13.1 Å². The first-order valence-electron chi connectivity index (χ1n) is 6.80. The van der Waals surface area contributed by atoms with Gasteiger partial charge in [-0.3, -0.25) is 9.89 Å². The molecule has 8 heteroatoms. The standard InChI is InChI=1S/C14H14F3N3OS/c1-9-3-5-10(6-4-9)13(14(15,16)17)19-11(21)20-8-2-7-18-12(20)22-13/h3-6H,2,7-8H2,1H3,(H,19,21)/t13-/m1/s1. The summed E-state index contributed by atoms with van der Waals surface area (Å²) in [4.78, 5) is 15.0.